The molecule has 2 heteroatoms. The molecule has 0 aliphatic heterocycles. The van der Waals surface area contributed by atoms with Gasteiger partial charge in [0.15, 0.2) is 0 Å². The molecule has 2 nitrogen and oxygen atoms in total. The van der Waals surface area contributed by atoms with Gasteiger partial charge < -0.3 is 9.84 Å². The van der Waals surface area contributed by atoms with E-state index in [1.165, 1.54) is 5.57 Å². The predicted octanol–water partition coefficient (Wildman–Crippen LogP) is 3.22. The predicted molar refractivity (Wildman–Crippen MR) is 62.5 cm³/mol. The van der Waals surface area contributed by atoms with Gasteiger partial charge in [0.1, 0.15) is 11.5 Å². The number of phenols is 1. The van der Waals surface area contributed by atoms with Crippen molar-refractivity contribution >= 4 is 0 Å². The molecule has 0 radical (unpaired) electrons. The van der Waals surface area contributed by atoms with Crippen molar-refractivity contribution in [3.8, 4) is 11.5 Å². The first-order chi connectivity index (χ1) is 7.06. The average Bonchev–Trinajstić information content (AvgIpc) is 2.20. The van der Waals surface area contributed by atoms with Crippen molar-refractivity contribution in [2.75, 3.05) is 7.11 Å². The molecule has 82 valence electrons. The first kappa shape index (κ1) is 11.6. The number of ether oxygens (including phenoxy) is 1. The maximum absolute atomic E-state index is 9.61. The number of methoxy groups -OCH3 is 1. The summed E-state index contributed by atoms with van der Waals surface area (Å²) in [6.07, 6.45) is 2.93. The van der Waals surface area contributed by atoms with Gasteiger partial charge in [-0.05, 0) is 44.9 Å². The fourth-order valence-electron chi connectivity index (χ4n) is 1.47. The van der Waals surface area contributed by atoms with E-state index in [2.05, 4.69) is 19.9 Å². The average molecular weight is 206 g/mol. The highest BCUT2D eigenvalue weighted by Gasteiger charge is 2.08. The lowest BCUT2D eigenvalue weighted by Crippen LogP contribution is -1.94. The molecule has 1 aromatic carbocycles. The summed E-state index contributed by atoms with van der Waals surface area (Å²) in [5.41, 5.74) is 3.21. The second kappa shape index (κ2) is 4.87. The highest BCUT2D eigenvalue weighted by Crippen LogP contribution is 2.29. The minimum atomic E-state index is 0.327. The van der Waals surface area contributed by atoms with Gasteiger partial charge in [-0.15, -0.1) is 0 Å². The van der Waals surface area contributed by atoms with Crippen molar-refractivity contribution in [2.24, 2.45) is 0 Å². The Morgan fingerprint density at radius 2 is 2.07 bits per heavy atom. The van der Waals surface area contributed by atoms with E-state index >= 15 is 0 Å². The van der Waals surface area contributed by atoms with Crippen LogP contribution in [-0.4, -0.2) is 12.2 Å². The van der Waals surface area contributed by atoms with Gasteiger partial charge in [-0.2, -0.15) is 0 Å². The Balaban J connectivity index is 3.12. The summed E-state index contributed by atoms with van der Waals surface area (Å²) in [6, 6.07) is 3.47. The quantitative estimate of drug-likeness (QED) is 0.769. The van der Waals surface area contributed by atoms with E-state index in [1.54, 1.807) is 19.2 Å². The minimum Gasteiger partial charge on any atom is -0.508 e. The lowest BCUT2D eigenvalue weighted by Gasteiger charge is -2.11. The molecule has 15 heavy (non-hydrogen) atoms. The molecule has 0 aliphatic rings. The second-order valence-electron chi connectivity index (χ2n) is 3.88. The van der Waals surface area contributed by atoms with Crippen molar-refractivity contribution in [1.82, 2.24) is 0 Å². The number of hydrogen-bond acceptors (Lipinski definition) is 2. The summed E-state index contributed by atoms with van der Waals surface area (Å²) in [5, 5.41) is 9.61. The van der Waals surface area contributed by atoms with Crippen molar-refractivity contribution < 1.29 is 9.84 Å². The lowest BCUT2D eigenvalue weighted by atomic mass is 10.0. The van der Waals surface area contributed by atoms with Crippen LogP contribution in [0.15, 0.2) is 23.8 Å². The fourth-order valence-corrected chi connectivity index (χ4v) is 1.47. The number of phenolic OH excluding ortho intramolecular Hbond substituents is 1. The Morgan fingerprint density at radius 3 is 2.60 bits per heavy atom. The standard InChI is InChI=1S/C13H18O2/c1-9(2)5-6-11-10(3)12(14)7-8-13(11)15-4/h5,7-8,14H,6H2,1-4H3. The summed E-state index contributed by atoms with van der Waals surface area (Å²) in [7, 11) is 1.65. The third kappa shape index (κ3) is 2.75. The van der Waals surface area contributed by atoms with E-state index < -0.39 is 0 Å². The molecule has 0 unspecified atom stereocenters. The number of benzene rings is 1. The molecule has 0 fully saturated rings. The topological polar surface area (TPSA) is 29.5 Å². The van der Waals surface area contributed by atoms with Gasteiger partial charge in [0.25, 0.3) is 0 Å². The van der Waals surface area contributed by atoms with Gasteiger partial charge in [0.2, 0.25) is 0 Å². The minimum absolute atomic E-state index is 0.327. The van der Waals surface area contributed by atoms with E-state index in [9.17, 15) is 5.11 Å². The lowest BCUT2D eigenvalue weighted by molar-refractivity contribution is 0.406. The summed E-state index contributed by atoms with van der Waals surface area (Å²) in [4.78, 5) is 0. The number of aromatic hydroxyl groups is 1. The molecule has 1 aromatic rings. The fraction of sp³-hybridized carbons (Fsp3) is 0.385. The molecule has 0 spiro atoms. The molecular formula is C13H18O2. The Morgan fingerprint density at radius 1 is 1.40 bits per heavy atom. The van der Waals surface area contributed by atoms with E-state index in [0.29, 0.717) is 5.75 Å². The van der Waals surface area contributed by atoms with Gasteiger partial charge in [-0.1, -0.05) is 11.6 Å². The van der Waals surface area contributed by atoms with E-state index in [0.717, 1.165) is 23.3 Å². The highest BCUT2D eigenvalue weighted by molar-refractivity contribution is 5.48. The zero-order valence-corrected chi connectivity index (χ0v) is 9.79. The van der Waals surface area contributed by atoms with Crippen LogP contribution in [-0.2, 0) is 6.42 Å². The monoisotopic (exact) mass is 206 g/mol. The van der Waals surface area contributed by atoms with E-state index in [1.807, 2.05) is 6.92 Å². The van der Waals surface area contributed by atoms with Crippen LogP contribution >= 0.6 is 0 Å². The number of allylic oxidation sites excluding steroid dienone is 2. The van der Waals surface area contributed by atoms with Gasteiger partial charge in [0.05, 0.1) is 7.11 Å². The molecule has 0 saturated carbocycles. The zero-order valence-electron chi connectivity index (χ0n) is 9.79. The Kier molecular flexibility index (Phi) is 3.78. The summed E-state index contributed by atoms with van der Waals surface area (Å²) < 4.78 is 5.27. The third-order valence-corrected chi connectivity index (χ3v) is 2.46. The van der Waals surface area contributed by atoms with Crippen LogP contribution in [0.3, 0.4) is 0 Å². The summed E-state index contributed by atoms with van der Waals surface area (Å²) in [5.74, 6) is 1.16. The molecule has 0 heterocycles. The van der Waals surface area contributed by atoms with Crippen LogP contribution in [0.25, 0.3) is 0 Å². The molecule has 0 bridgehead atoms. The van der Waals surface area contributed by atoms with Crippen LogP contribution in [0.4, 0.5) is 0 Å². The molecular weight excluding hydrogens is 188 g/mol. The van der Waals surface area contributed by atoms with Gasteiger partial charge in [0, 0.05) is 5.56 Å². The van der Waals surface area contributed by atoms with Crippen LogP contribution < -0.4 is 4.74 Å². The molecule has 0 amide bonds. The van der Waals surface area contributed by atoms with Gasteiger partial charge >= 0.3 is 0 Å². The molecule has 0 aromatic heterocycles. The number of rotatable bonds is 3. The van der Waals surface area contributed by atoms with Crippen molar-refractivity contribution in [3.63, 3.8) is 0 Å². The van der Waals surface area contributed by atoms with Gasteiger partial charge in [-0.3, -0.25) is 0 Å². The zero-order chi connectivity index (χ0) is 11.4. The van der Waals surface area contributed by atoms with E-state index in [4.69, 9.17) is 4.74 Å². The molecule has 0 saturated heterocycles. The normalized spacial score (nSPS) is 9.87. The first-order valence-electron chi connectivity index (χ1n) is 5.05. The van der Waals surface area contributed by atoms with Crippen molar-refractivity contribution in [2.45, 2.75) is 27.2 Å². The van der Waals surface area contributed by atoms with Crippen LogP contribution in [0.1, 0.15) is 25.0 Å². The largest absolute Gasteiger partial charge is 0.508 e. The third-order valence-electron chi connectivity index (χ3n) is 2.46. The maximum atomic E-state index is 9.61. The molecule has 0 atom stereocenters. The Bertz CT molecular complexity index is 374. The van der Waals surface area contributed by atoms with Crippen LogP contribution in [0, 0.1) is 6.92 Å². The smallest absolute Gasteiger partial charge is 0.122 e. The Hall–Kier alpha value is -1.44. The maximum Gasteiger partial charge on any atom is 0.122 e. The summed E-state index contributed by atoms with van der Waals surface area (Å²) in [6.45, 7) is 6.03. The molecule has 1 N–H and O–H groups in total. The Labute approximate surface area is 91.2 Å². The van der Waals surface area contributed by atoms with Gasteiger partial charge in [-0.25, -0.2) is 0 Å². The van der Waals surface area contributed by atoms with Crippen molar-refractivity contribution in [3.05, 3.63) is 34.9 Å². The van der Waals surface area contributed by atoms with Crippen molar-refractivity contribution in [1.29, 1.82) is 0 Å². The SMILES string of the molecule is COc1ccc(O)c(C)c1CC=C(C)C. The second-order valence-corrected chi connectivity index (χ2v) is 3.88. The molecule has 0 aliphatic carbocycles. The highest BCUT2D eigenvalue weighted by atomic mass is 16.5. The molecule has 1 rings (SSSR count). The van der Waals surface area contributed by atoms with Crippen LogP contribution in [0.2, 0.25) is 0 Å². The van der Waals surface area contributed by atoms with E-state index in [-0.39, 0.29) is 0 Å². The van der Waals surface area contributed by atoms with Crippen LogP contribution in [0.5, 0.6) is 11.5 Å². The first-order valence-corrected chi connectivity index (χ1v) is 5.05. The summed E-state index contributed by atoms with van der Waals surface area (Å²) >= 11 is 0. The number of hydrogen-bond donors (Lipinski definition) is 1.